The van der Waals surface area contributed by atoms with Crippen molar-refractivity contribution in [2.45, 2.75) is 46.2 Å². The molecule has 0 fully saturated rings. The summed E-state index contributed by atoms with van der Waals surface area (Å²) in [5, 5.41) is 3.68. The van der Waals surface area contributed by atoms with E-state index in [2.05, 4.69) is 49.1 Å². The van der Waals surface area contributed by atoms with Crippen LogP contribution in [0.4, 0.5) is 0 Å². The minimum atomic E-state index is 0.576. The predicted molar refractivity (Wildman–Crippen MR) is 82.1 cm³/mol. The predicted octanol–water partition coefficient (Wildman–Crippen LogP) is 2.93. The number of likely N-dealkylation sites (N-methyl/N-ethyl adjacent to an activating group) is 1. The highest BCUT2D eigenvalue weighted by atomic mass is 15.1. The monoisotopic (exact) mass is 263 g/mol. The Labute approximate surface area is 118 Å². The molecule has 0 aliphatic rings. The van der Waals surface area contributed by atoms with Gasteiger partial charge in [-0.15, -0.1) is 0 Å². The highest BCUT2D eigenvalue weighted by Crippen LogP contribution is 2.10. The summed E-state index contributed by atoms with van der Waals surface area (Å²) in [4.78, 5) is 6.56. The van der Waals surface area contributed by atoms with E-state index in [-0.39, 0.29) is 0 Å². The number of nitrogens with zero attached hydrogens (tertiary/aromatic N) is 2. The maximum Gasteiger partial charge on any atom is 0.0312 e. The molecule has 3 heteroatoms. The number of hydrogen-bond acceptors (Lipinski definition) is 3. The molecule has 2 unspecified atom stereocenters. The van der Waals surface area contributed by atoms with Gasteiger partial charge in [-0.1, -0.05) is 33.3 Å². The third kappa shape index (κ3) is 6.17. The van der Waals surface area contributed by atoms with Crippen LogP contribution in [-0.2, 0) is 6.54 Å². The second kappa shape index (κ2) is 9.05. The smallest absolute Gasteiger partial charge is 0.0312 e. The summed E-state index contributed by atoms with van der Waals surface area (Å²) in [6.07, 6.45) is 6.20. The molecule has 1 N–H and O–H groups in total. The van der Waals surface area contributed by atoms with Crippen molar-refractivity contribution >= 4 is 0 Å². The van der Waals surface area contributed by atoms with Gasteiger partial charge in [0.25, 0.3) is 0 Å². The zero-order valence-corrected chi connectivity index (χ0v) is 12.9. The van der Waals surface area contributed by atoms with Crippen molar-refractivity contribution in [3.8, 4) is 0 Å². The van der Waals surface area contributed by atoms with Crippen molar-refractivity contribution in [3.63, 3.8) is 0 Å². The lowest BCUT2D eigenvalue weighted by Gasteiger charge is -2.29. The van der Waals surface area contributed by atoms with Crippen molar-refractivity contribution in [2.24, 2.45) is 5.92 Å². The van der Waals surface area contributed by atoms with Crippen LogP contribution in [0, 0.1) is 5.92 Å². The highest BCUT2D eigenvalue weighted by Gasteiger charge is 2.16. The molecule has 1 aromatic rings. The van der Waals surface area contributed by atoms with E-state index >= 15 is 0 Å². The molecule has 0 amide bonds. The van der Waals surface area contributed by atoms with Crippen LogP contribution in [0.5, 0.6) is 0 Å². The summed E-state index contributed by atoms with van der Waals surface area (Å²) >= 11 is 0. The van der Waals surface area contributed by atoms with Crippen LogP contribution in [0.25, 0.3) is 0 Å². The molecule has 108 valence electrons. The second-order valence-corrected chi connectivity index (χ2v) is 5.50. The van der Waals surface area contributed by atoms with Gasteiger partial charge in [0, 0.05) is 31.5 Å². The number of hydrogen-bond donors (Lipinski definition) is 1. The van der Waals surface area contributed by atoms with Crippen LogP contribution in [0.15, 0.2) is 24.5 Å². The Bertz CT molecular complexity index is 326. The zero-order chi connectivity index (χ0) is 14.1. The Kier molecular flexibility index (Phi) is 7.68. The molecule has 0 saturated carbocycles. The molecular weight excluding hydrogens is 234 g/mol. The summed E-state index contributed by atoms with van der Waals surface area (Å²) in [6, 6.07) is 4.72. The van der Waals surface area contributed by atoms with Gasteiger partial charge in [-0.25, -0.2) is 0 Å². The van der Waals surface area contributed by atoms with Gasteiger partial charge >= 0.3 is 0 Å². The third-order valence-corrected chi connectivity index (χ3v) is 3.67. The van der Waals surface area contributed by atoms with E-state index in [4.69, 9.17) is 0 Å². The largest absolute Gasteiger partial charge is 0.312 e. The van der Waals surface area contributed by atoms with Gasteiger partial charge in [-0.2, -0.15) is 0 Å². The number of nitrogens with one attached hydrogen (secondary N) is 1. The van der Waals surface area contributed by atoms with Crippen LogP contribution in [0.2, 0.25) is 0 Å². The lowest BCUT2D eigenvalue weighted by atomic mass is 9.98. The van der Waals surface area contributed by atoms with Gasteiger partial charge in [0.1, 0.15) is 0 Å². The van der Waals surface area contributed by atoms with Gasteiger partial charge in [-0.05, 0) is 37.6 Å². The van der Waals surface area contributed by atoms with E-state index < -0.39 is 0 Å². The van der Waals surface area contributed by atoms with Crippen LogP contribution < -0.4 is 5.32 Å². The van der Waals surface area contributed by atoms with E-state index in [0.29, 0.717) is 12.0 Å². The topological polar surface area (TPSA) is 28.2 Å². The van der Waals surface area contributed by atoms with Gasteiger partial charge < -0.3 is 10.2 Å². The molecule has 0 aliphatic carbocycles. The van der Waals surface area contributed by atoms with Crippen molar-refractivity contribution in [1.29, 1.82) is 0 Å². The van der Waals surface area contributed by atoms with E-state index in [0.717, 1.165) is 19.6 Å². The fourth-order valence-corrected chi connectivity index (χ4v) is 2.26. The molecular formula is C16H29N3. The van der Waals surface area contributed by atoms with Gasteiger partial charge in [-0.3, -0.25) is 4.98 Å². The lowest BCUT2D eigenvalue weighted by Crippen LogP contribution is -2.43. The Balaban J connectivity index is 2.48. The van der Waals surface area contributed by atoms with Crippen molar-refractivity contribution in [1.82, 2.24) is 15.2 Å². The molecule has 0 spiro atoms. The third-order valence-electron chi connectivity index (χ3n) is 3.67. The maximum absolute atomic E-state index is 4.18. The average molecular weight is 263 g/mol. The first-order valence-corrected chi connectivity index (χ1v) is 7.48. The quantitative estimate of drug-likeness (QED) is 0.742. The fourth-order valence-electron chi connectivity index (χ4n) is 2.26. The molecule has 0 radical (unpaired) electrons. The van der Waals surface area contributed by atoms with Gasteiger partial charge in [0.15, 0.2) is 0 Å². The first-order valence-electron chi connectivity index (χ1n) is 7.48. The van der Waals surface area contributed by atoms with Crippen molar-refractivity contribution < 1.29 is 0 Å². The van der Waals surface area contributed by atoms with Crippen LogP contribution in [0.3, 0.4) is 0 Å². The highest BCUT2D eigenvalue weighted by molar-refractivity contribution is 5.08. The molecule has 1 aromatic heterocycles. The van der Waals surface area contributed by atoms with E-state index in [9.17, 15) is 0 Å². The van der Waals surface area contributed by atoms with Crippen LogP contribution in [0.1, 0.15) is 39.2 Å². The normalized spacial score (nSPS) is 14.6. The summed E-state index contributed by atoms with van der Waals surface area (Å²) in [5.41, 5.74) is 1.28. The molecule has 2 atom stereocenters. The molecule has 19 heavy (non-hydrogen) atoms. The lowest BCUT2D eigenvalue weighted by molar-refractivity contribution is 0.238. The number of rotatable bonds is 9. The summed E-state index contributed by atoms with van der Waals surface area (Å²) in [7, 11) is 2.19. The Morgan fingerprint density at radius 2 is 2.16 bits per heavy atom. The van der Waals surface area contributed by atoms with Gasteiger partial charge in [0.05, 0.1) is 0 Å². The zero-order valence-electron chi connectivity index (χ0n) is 12.9. The summed E-state index contributed by atoms with van der Waals surface area (Å²) in [6.45, 7) is 9.99. The molecule has 0 aromatic carbocycles. The Morgan fingerprint density at radius 3 is 2.74 bits per heavy atom. The molecule has 3 nitrogen and oxygen atoms in total. The summed E-state index contributed by atoms with van der Waals surface area (Å²) in [5.74, 6) is 0.711. The van der Waals surface area contributed by atoms with Crippen molar-refractivity contribution in [3.05, 3.63) is 30.1 Å². The maximum atomic E-state index is 4.18. The number of aromatic nitrogens is 1. The van der Waals surface area contributed by atoms with Crippen LogP contribution in [-0.4, -0.2) is 36.1 Å². The minimum Gasteiger partial charge on any atom is -0.312 e. The molecule has 0 saturated heterocycles. The molecule has 1 rings (SSSR count). The standard InChI is InChI=1S/C16H29N3/c1-5-9-18-16(14(3)6-2)13-19(4)12-15-8-7-10-17-11-15/h7-8,10-11,14,16,18H,5-6,9,12-13H2,1-4H3. The molecule has 1 heterocycles. The SMILES string of the molecule is CCCNC(CN(C)Cc1cccnc1)C(C)CC. The average Bonchev–Trinajstić information content (AvgIpc) is 2.43. The Morgan fingerprint density at radius 1 is 1.37 bits per heavy atom. The minimum absolute atomic E-state index is 0.576. The second-order valence-electron chi connectivity index (χ2n) is 5.50. The van der Waals surface area contributed by atoms with E-state index in [1.807, 2.05) is 18.5 Å². The molecule has 0 aliphatic heterocycles. The fraction of sp³-hybridized carbons (Fsp3) is 0.688. The van der Waals surface area contributed by atoms with Crippen molar-refractivity contribution in [2.75, 3.05) is 20.1 Å². The van der Waals surface area contributed by atoms with Gasteiger partial charge in [0.2, 0.25) is 0 Å². The van der Waals surface area contributed by atoms with Crippen LogP contribution >= 0.6 is 0 Å². The molecule has 0 bridgehead atoms. The first kappa shape index (κ1) is 16.1. The summed E-state index contributed by atoms with van der Waals surface area (Å²) < 4.78 is 0. The Hall–Kier alpha value is -0.930. The number of pyridine rings is 1. The first-order chi connectivity index (χ1) is 9.17. The van der Waals surface area contributed by atoms with E-state index in [1.54, 1.807) is 0 Å². The van der Waals surface area contributed by atoms with E-state index in [1.165, 1.54) is 18.4 Å².